The Bertz CT molecular complexity index is 101. The molecule has 0 saturated heterocycles. The van der Waals surface area contributed by atoms with E-state index in [1.807, 2.05) is 0 Å². The van der Waals surface area contributed by atoms with Gasteiger partial charge in [0.1, 0.15) is 0 Å². The minimum Gasteiger partial charge on any atom is -0.314 e. The van der Waals surface area contributed by atoms with E-state index in [0.717, 1.165) is 5.92 Å². The van der Waals surface area contributed by atoms with Crippen molar-refractivity contribution in [1.29, 1.82) is 0 Å². The molecule has 0 saturated carbocycles. The van der Waals surface area contributed by atoms with E-state index in [-0.39, 0.29) is 0 Å². The van der Waals surface area contributed by atoms with Gasteiger partial charge in [0.2, 0.25) is 0 Å². The lowest BCUT2D eigenvalue weighted by atomic mass is 10.1. The summed E-state index contributed by atoms with van der Waals surface area (Å²) in [5.74, 6) is 0.827. The molecule has 13 heavy (non-hydrogen) atoms. The summed E-state index contributed by atoms with van der Waals surface area (Å²) in [7, 11) is 0. The van der Waals surface area contributed by atoms with Gasteiger partial charge in [0, 0.05) is 6.04 Å². The molecule has 1 N–H and O–H groups in total. The van der Waals surface area contributed by atoms with E-state index in [1.165, 1.54) is 38.6 Å². The van der Waals surface area contributed by atoms with Gasteiger partial charge in [-0.05, 0) is 25.8 Å². The summed E-state index contributed by atoms with van der Waals surface area (Å²) in [6.07, 6.45) is 6.72. The quantitative estimate of drug-likeness (QED) is 0.570. The van der Waals surface area contributed by atoms with Crippen LogP contribution in [0.5, 0.6) is 0 Å². The third-order valence-corrected chi connectivity index (χ3v) is 2.75. The molecule has 0 heterocycles. The molecule has 0 bridgehead atoms. The van der Waals surface area contributed by atoms with Gasteiger partial charge in [-0.15, -0.1) is 0 Å². The van der Waals surface area contributed by atoms with Crippen LogP contribution in [0.2, 0.25) is 0 Å². The Balaban J connectivity index is 3.24. The zero-order valence-corrected chi connectivity index (χ0v) is 9.90. The topological polar surface area (TPSA) is 12.0 Å². The first kappa shape index (κ1) is 13.0. The molecular weight excluding hydrogens is 158 g/mol. The summed E-state index contributed by atoms with van der Waals surface area (Å²) in [5.41, 5.74) is 0. The molecule has 0 aromatic heterocycles. The van der Waals surface area contributed by atoms with Gasteiger partial charge in [-0.25, -0.2) is 0 Å². The number of nitrogens with one attached hydrogen (secondary N) is 1. The molecule has 2 unspecified atom stereocenters. The predicted molar refractivity (Wildman–Crippen MR) is 61.1 cm³/mol. The lowest BCUT2D eigenvalue weighted by Gasteiger charge is -2.16. The van der Waals surface area contributed by atoms with E-state index in [0.29, 0.717) is 6.04 Å². The highest BCUT2D eigenvalue weighted by atomic mass is 14.9. The standard InChI is InChI=1S/C12H27N/c1-5-7-8-9-12(4)13-10-11(3)6-2/h11-13H,5-10H2,1-4H3. The van der Waals surface area contributed by atoms with Crippen molar-refractivity contribution in [3.8, 4) is 0 Å². The first-order valence-electron chi connectivity index (χ1n) is 5.94. The summed E-state index contributed by atoms with van der Waals surface area (Å²) in [6.45, 7) is 10.3. The Morgan fingerprint density at radius 2 is 1.77 bits per heavy atom. The third-order valence-electron chi connectivity index (χ3n) is 2.75. The second-order valence-electron chi connectivity index (χ2n) is 4.32. The normalized spacial score (nSPS) is 15.7. The van der Waals surface area contributed by atoms with Gasteiger partial charge in [-0.1, -0.05) is 46.5 Å². The van der Waals surface area contributed by atoms with E-state index < -0.39 is 0 Å². The second kappa shape index (κ2) is 8.55. The fourth-order valence-electron chi connectivity index (χ4n) is 1.35. The van der Waals surface area contributed by atoms with Crippen LogP contribution in [0.4, 0.5) is 0 Å². The van der Waals surface area contributed by atoms with Crippen LogP contribution in [-0.2, 0) is 0 Å². The molecular formula is C12H27N. The Morgan fingerprint density at radius 1 is 1.08 bits per heavy atom. The van der Waals surface area contributed by atoms with Crippen molar-refractivity contribution >= 4 is 0 Å². The highest BCUT2D eigenvalue weighted by Gasteiger charge is 2.03. The summed E-state index contributed by atoms with van der Waals surface area (Å²) in [4.78, 5) is 0. The van der Waals surface area contributed by atoms with E-state index in [9.17, 15) is 0 Å². The van der Waals surface area contributed by atoms with E-state index in [2.05, 4.69) is 33.0 Å². The van der Waals surface area contributed by atoms with Gasteiger partial charge < -0.3 is 5.32 Å². The highest BCUT2D eigenvalue weighted by molar-refractivity contribution is 4.63. The van der Waals surface area contributed by atoms with Gasteiger partial charge in [0.15, 0.2) is 0 Å². The maximum absolute atomic E-state index is 3.59. The number of hydrogen-bond donors (Lipinski definition) is 1. The van der Waals surface area contributed by atoms with Crippen molar-refractivity contribution in [1.82, 2.24) is 5.32 Å². The molecule has 0 aromatic rings. The Labute approximate surface area is 84.3 Å². The second-order valence-corrected chi connectivity index (χ2v) is 4.32. The molecule has 0 aromatic carbocycles. The SMILES string of the molecule is CCCCCC(C)NCC(C)CC. The molecule has 0 radical (unpaired) electrons. The smallest absolute Gasteiger partial charge is 0.00388 e. The molecule has 80 valence electrons. The van der Waals surface area contributed by atoms with Crippen molar-refractivity contribution in [2.24, 2.45) is 5.92 Å². The molecule has 0 aliphatic carbocycles. The van der Waals surface area contributed by atoms with Crippen LogP contribution in [0, 0.1) is 5.92 Å². The number of hydrogen-bond acceptors (Lipinski definition) is 1. The molecule has 0 fully saturated rings. The molecule has 0 rings (SSSR count). The zero-order valence-electron chi connectivity index (χ0n) is 9.90. The lowest BCUT2D eigenvalue weighted by molar-refractivity contribution is 0.428. The minimum absolute atomic E-state index is 0.709. The van der Waals surface area contributed by atoms with Gasteiger partial charge in [0.25, 0.3) is 0 Å². The minimum atomic E-state index is 0.709. The third kappa shape index (κ3) is 8.29. The summed E-state index contributed by atoms with van der Waals surface area (Å²) in [5, 5.41) is 3.59. The van der Waals surface area contributed by atoms with Crippen molar-refractivity contribution in [3.05, 3.63) is 0 Å². The molecule has 0 aliphatic rings. The van der Waals surface area contributed by atoms with Crippen molar-refractivity contribution < 1.29 is 0 Å². The van der Waals surface area contributed by atoms with Crippen molar-refractivity contribution in [3.63, 3.8) is 0 Å². The number of rotatable bonds is 8. The van der Waals surface area contributed by atoms with Gasteiger partial charge in [0.05, 0.1) is 0 Å². The van der Waals surface area contributed by atoms with Crippen LogP contribution in [0.3, 0.4) is 0 Å². The lowest BCUT2D eigenvalue weighted by Crippen LogP contribution is -2.30. The maximum Gasteiger partial charge on any atom is 0.00388 e. The Kier molecular flexibility index (Phi) is 8.53. The highest BCUT2D eigenvalue weighted by Crippen LogP contribution is 2.04. The van der Waals surface area contributed by atoms with Crippen LogP contribution in [0.1, 0.15) is 59.8 Å². The van der Waals surface area contributed by atoms with Crippen molar-refractivity contribution in [2.75, 3.05) is 6.54 Å². The molecule has 1 heteroatoms. The van der Waals surface area contributed by atoms with Crippen LogP contribution in [-0.4, -0.2) is 12.6 Å². The van der Waals surface area contributed by atoms with Gasteiger partial charge in [-0.2, -0.15) is 0 Å². The van der Waals surface area contributed by atoms with Crippen LogP contribution in [0.25, 0.3) is 0 Å². The average Bonchev–Trinajstić information content (AvgIpc) is 2.14. The Morgan fingerprint density at radius 3 is 2.31 bits per heavy atom. The molecule has 1 nitrogen and oxygen atoms in total. The largest absolute Gasteiger partial charge is 0.314 e. The van der Waals surface area contributed by atoms with Crippen molar-refractivity contribution in [2.45, 2.75) is 65.8 Å². The average molecular weight is 185 g/mol. The van der Waals surface area contributed by atoms with E-state index in [4.69, 9.17) is 0 Å². The summed E-state index contributed by atoms with van der Waals surface area (Å²) < 4.78 is 0. The van der Waals surface area contributed by atoms with Gasteiger partial charge in [-0.3, -0.25) is 0 Å². The maximum atomic E-state index is 3.59. The first-order chi connectivity index (χ1) is 6.20. The summed E-state index contributed by atoms with van der Waals surface area (Å²) >= 11 is 0. The van der Waals surface area contributed by atoms with E-state index in [1.54, 1.807) is 0 Å². The number of unbranched alkanes of at least 4 members (excludes halogenated alkanes) is 2. The first-order valence-corrected chi connectivity index (χ1v) is 5.94. The molecule has 0 amide bonds. The molecule has 0 aliphatic heterocycles. The van der Waals surface area contributed by atoms with Crippen LogP contribution >= 0.6 is 0 Å². The van der Waals surface area contributed by atoms with Crippen LogP contribution in [0.15, 0.2) is 0 Å². The summed E-state index contributed by atoms with van der Waals surface area (Å²) in [6, 6.07) is 0.709. The van der Waals surface area contributed by atoms with Gasteiger partial charge >= 0.3 is 0 Å². The Hall–Kier alpha value is -0.0400. The predicted octanol–water partition coefficient (Wildman–Crippen LogP) is 3.59. The fourth-order valence-corrected chi connectivity index (χ4v) is 1.35. The van der Waals surface area contributed by atoms with E-state index >= 15 is 0 Å². The molecule has 2 atom stereocenters. The van der Waals surface area contributed by atoms with Crippen LogP contribution < -0.4 is 5.32 Å². The molecule has 0 spiro atoms. The fraction of sp³-hybridized carbons (Fsp3) is 1.00. The monoisotopic (exact) mass is 185 g/mol. The zero-order chi connectivity index (χ0) is 10.1.